The van der Waals surface area contributed by atoms with Crippen molar-refractivity contribution in [1.29, 1.82) is 0 Å². The number of benzene rings is 1. The quantitative estimate of drug-likeness (QED) is 0.611. The first-order valence-electron chi connectivity index (χ1n) is 3.67. The monoisotopic (exact) mass is 222 g/mol. The molecule has 0 aliphatic rings. The first-order chi connectivity index (χ1) is 5.99. The van der Waals surface area contributed by atoms with Crippen LogP contribution in [0.5, 0.6) is 0 Å². The zero-order valence-corrected chi connectivity index (χ0v) is 7.79. The third-order valence-corrected chi connectivity index (χ3v) is 2.25. The Morgan fingerprint density at radius 2 is 1.79 bits per heavy atom. The van der Waals surface area contributed by atoms with Crippen molar-refractivity contribution in [1.82, 2.24) is 0 Å². The molecule has 72 valence electrons. The van der Waals surface area contributed by atoms with E-state index in [4.69, 9.17) is 4.55 Å². The summed E-state index contributed by atoms with van der Waals surface area (Å²) in [5.41, 5.74) is 1.11. The van der Waals surface area contributed by atoms with Crippen LogP contribution in [0.25, 0.3) is 5.57 Å². The van der Waals surface area contributed by atoms with Gasteiger partial charge in [0.05, 0.1) is 0 Å². The Hall–Kier alpha value is -0.130. The van der Waals surface area contributed by atoms with Crippen LogP contribution in [0.2, 0.25) is 0 Å². The Balaban J connectivity index is 0.00000169. The Bertz CT molecular complexity index is 397. The summed E-state index contributed by atoms with van der Waals surface area (Å²) >= 11 is 0. The predicted octanol–water partition coefficient (Wildman–Crippen LogP) is 0.939. The minimum atomic E-state index is -3.97. The van der Waals surface area contributed by atoms with Gasteiger partial charge in [-0.1, -0.05) is 36.9 Å². The van der Waals surface area contributed by atoms with E-state index >= 15 is 0 Å². The fourth-order valence-corrected chi connectivity index (χ4v) is 1.58. The summed E-state index contributed by atoms with van der Waals surface area (Å²) in [7, 11) is -3.97. The average Bonchev–Trinajstić information content (AvgIpc) is 2.03. The van der Waals surface area contributed by atoms with Gasteiger partial charge < -0.3 is 0 Å². The summed E-state index contributed by atoms with van der Waals surface area (Å²) in [6.07, 6.45) is 0. The van der Waals surface area contributed by atoms with Crippen molar-refractivity contribution in [2.75, 3.05) is 5.75 Å². The van der Waals surface area contributed by atoms with Gasteiger partial charge in [-0.3, -0.25) is 4.55 Å². The van der Waals surface area contributed by atoms with Gasteiger partial charge >= 0.3 is 29.6 Å². The van der Waals surface area contributed by atoms with Crippen molar-refractivity contribution in [2.24, 2.45) is 0 Å². The van der Waals surface area contributed by atoms with Crippen molar-refractivity contribution >= 4 is 45.2 Å². The zero-order valence-electron chi connectivity index (χ0n) is 6.97. The minimum absolute atomic E-state index is 0. The molecule has 0 aromatic heterocycles. The number of rotatable bonds is 3. The van der Waals surface area contributed by atoms with Crippen LogP contribution in [0, 0.1) is 0 Å². The van der Waals surface area contributed by atoms with Gasteiger partial charge in [0, 0.05) is 0 Å². The van der Waals surface area contributed by atoms with Crippen molar-refractivity contribution in [3.8, 4) is 0 Å². The third-order valence-electron chi connectivity index (χ3n) is 1.54. The van der Waals surface area contributed by atoms with Crippen LogP contribution in [0.15, 0.2) is 36.9 Å². The summed E-state index contributed by atoms with van der Waals surface area (Å²) in [4.78, 5) is 0. The van der Waals surface area contributed by atoms with Gasteiger partial charge in [0.1, 0.15) is 5.75 Å². The van der Waals surface area contributed by atoms with E-state index < -0.39 is 15.9 Å². The molecule has 1 N–H and O–H groups in total. The third kappa shape index (κ3) is 4.93. The van der Waals surface area contributed by atoms with Crippen molar-refractivity contribution in [3.63, 3.8) is 0 Å². The second-order valence-corrected chi connectivity index (χ2v) is 4.15. The molecule has 5 heteroatoms. The van der Waals surface area contributed by atoms with E-state index in [1.54, 1.807) is 24.3 Å². The second kappa shape index (κ2) is 5.68. The Labute approximate surface area is 106 Å². The van der Waals surface area contributed by atoms with Gasteiger partial charge in [-0.25, -0.2) is 0 Å². The molecule has 0 saturated carbocycles. The van der Waals surface area contributed by atoms with Crippen LogP contribution >= 0.6 is 0 Å². The standard InChI is InChI=1S/C9H10O3S.Na.H/c1-8(7-13(10,11)12)9-5-3-2-4-6-9;;/h2-6H,1,7H2,(H,10,11,12);;. The second-order valence-electron chi connectivity index (χ2n) is 2.70. The first kappa shape index (κ1) is 13.9. The van der Waals surface area contributed by atoms with Gasteiger partial charge in [0.15, 0.2) is 0 Å². The molecule has 0 aliphatic heterocycles. The van der Waals surface area contributed by atoms with Gasteiger partial charge in [0.2, 0.25) is 0 Å². The number of hydrogen-bond acceptors (Lipinski definition) is 2. The van der Waals surface area contributed by atoms with Gasteiger partial charge in [0.25, 0.3) is 10.1 Å². The summed E-state index contributed by atoms with van der Waals surface area (Å²) < 4.78 is 29.6. The van der Waals surface area contributed by atoms with E-state index in [1.165, 1.54) is 0 Å². The molecule has 0 unspecified atom stereocenters. The van der Waals surface area contributed by atoms with E-state index in [0.29, 0.717) is 5.57 Å². The van der Waals surface area contributed by atoms with Crippen LogP contribution in [0.3, 0.4) is 0 Å². The summed E-state index contributed by atoms with van der Waals surface area (Å²) in [6, 6.07) is 8.88. The zero-order chi connectivity index (χ0) is 9.90. The summed E-state index contributed by atoms with van der Waals surface area (Å²) in [6.45, 7) is 3.57. The van der Waals surface area contributed by atoms with E-state index in [9.17, 15) is 8.42 Å². The molecule has 0 amide bonds. The average molecular weight is 222 g/mol. The van der Waals surface area contributed by atoms with Crippen molar-refractivity contribution in [3.05, 3.63) is 42.5 Å². The Kier molecular flexibility index (Phi) is 5.63. The molecular formula is C9H11NaO3S. The topological polar surface area (TPSA) is 54.4 Å². The molecule has 1 aromatic rings. The van der Waals surface area contributed by atoms with E-state index in [-0.39, 0.29) is 29.6 Å². The Morgan fingerprint density at radius 1 is 1.29 bits per heavy atom. The van der Waals surface area contributed by atoms with Gasteiger partial charge in [-0.2, -0.15) is 8.42 Å². The van der Waals surface area contributed by atoms with E-state index in [0.717, 1.165) is 5.56 Å². The molecule has 0 radical (unpaired) electrons. The SMILES string of the molecule is C=C(CS(=O)(=O)O)c1ccccc1.[NaH]. The molecular weight excluding hydrogens is 211 g/mol. The molecule has 0 aliphatic carbocycles. The molecule has 0 bridgehead atoms. The predicted molar refractivity (Wildman–Crippen MR) is 59.0 cm³/mol. The van der Waals surface area contributed by atoms with Crippen molar-refractivity contribution in [2.45, 2.75) is 0 Å². The molecule has 3 nitrogen and oxygen atoms in total. The van der Waals surface area contributed by atoms with Gasteiger partial charge in [-0.15, -0.1) is 0 Å². The van der Waals surface area contributed by atoms with Gasteiger partial charge in [-0.05, 0) is 11.1 Å². The molecule has 0 spiro atoms. The van der Waals surface area contributed by atoms with Crippen LogP contribution in [0.1, 0.15) is 5.56 Å². The fourth-order valence-electron chi connectivity index (χ4n) is 0.977. The van der Waals surface area contributed by atoms with E-state index in [2.05, 4.69) is 6.58 Å². The Morgan fingerprint density at radius 3 is 2.21 bits per heavy atom. The summed E-state index contributed by atoms with van der Waals surface area (Å²) in [5, 5.41) is 0. The van der Waals surface area contributed by atoms with Crippen molar-refractivity contribution < 1.29 is 13.0 Å². The molecule has 14 heavy (non-hydrogen) atoms. The maximum atomic E-state index is 10.5. The van der Waals surface area contributed by atoms with Crippen LogP contribution in [0.4, 0.5) is 0 Å². The molecule has 0 heterocycles. The van der Waals surface area contributed by atoms with Crippen LogP contribution in [-0.2, 0) is 10.1 Å². The maximum absolute atomic E-state index is 10.5. The van der Waals surface area contributed by atoms with Crippen LogP contribution in [-0.4, -0.2) is 48.3 Å². The molecule has 0 saturated heterocycles. The fraction of sp³-hybridized carbons (Fsp3) is 0.111. The summed E-state index contributed by atoms with van der Waals surface area (Å²) in [5.74, 6) is -0.420. The normalized spacial score (nSPS) is 10.4. The van der Waals surface area contributed by atoms with E-state index in [1.807, 2.05) is 6.07 Å². The molecule has 1 rings (SSSR count). The molecule has 0 atom stereocenters. The first-order valence-corrected chi connectivity index (χ1v) is 5.28. The molecule has 1 aromatic carbocycles. The molecule has 0 fully saturated rings. The van der Waals surface area contributed by atoms with Crippen LogP contribution < -0.4 is 0 Å². The number of hydrogen-bond donors (Lipinski definition) is 1.